The van der Waals surface area contributed by atoms with Crippen molar-refractivity contribution in [1.82, 2.24) is 0 Å². The summed E-state index contributed by atoms with van der Waals surface area (Å²) in [6.45, 7) is 13.8. The molecule has 0 aromatic carbocycles. The first kappa shape index (κ1) is 22.8. The number of aliphatic hydroxyl groups is 2. The van der Waals surface area contributed by atoms with Gasteiger partial charge in [-0.25, -0.2) is 0 Å². The van der Waals surface area contributed by atoms with E-state index in [4.69, 9.17) is 0 Å². The van der Waals surface area contributed by atoms with E-state index >= 15 is 0 Å². The first-order valence-electron chi connectivity index (χ1n) is 12.2. The summed E-state index contributed by atoms with van der Waals surface area (Å²) in [5.41, 5.74) is 3.88. The van der Waals surface area contributed by atoms with Crippen LogP contribution in [0.3, 0.4) is 0 Å². The zero-order valence-corrected chi connectivity index (χ0v) is 19.3. The average Bonchev–Trinajstić information content (AvgIpc) is 3.00. The molecule has 3 aliphatic carbocycles. The summed E-state index contributed by atoms with van der Waals surface area (Å²) in [5, 5.41) is 20.2. The van der Waals surface area contributed by atoms with Gasteiger partial charge in [-0.1, -0.05) is 71.3 Å². The molecule has 0 amide bonds. The molecule has 3 aliphatic rings. The highest BCUT2D eigenvalue weighted by atomic mass is 16.3. The van der Waals surface area contributed by atoms with Crippen LogP contribution in [0.1, 0.15) is 91.9 Å². The van der Waals surface area contributed by atoms with Gasteiger partial charge in [0, 0.05) is 6.42 Å². The topological polar surface area (TPSA) is 40.5 Å². The third-order valence-corrected chi connectivity index (χ3v) is 8.43. The Balaban J connectivity index is 1.71. The Hall–Kier alpha value is -0.860. The molecule has 0 spiro atoms. The third-order valence-electron chi connectivity index (χ3n) is 8.43. The molecule has 0 aromatic heterocycles. The summed E-state index contributed by atoms with van der Waals surface area (Å²) in [4.78, 5) is 0. The Labute approximate surface area is 179 Å². The zero-order chi connectivity index (χ0) is 21.2. The number of hydrogen-bond donors (Lipinski definition) is 2. The maximum absolute atomic E-state index is 10.1. The third kappa shape index (κ3) is 5.07. The molecule has 0 radical (unpaired) electrons. The van der Waals surface area contributed by atoms with Crippen LogP contribution in [0, 0.1) is 29.1 Å². The molecule has 0 aromatic rings. The molecule has 0 heterocycles. The summed E-state index contributed by atoms with van der Waals surface area (Å²) in [7, 11) is 0. The standard InChI is InChI=1S/C27H44O2/c1-18(2)8-6-9-19(3)24-13-14-25-21(10-7-15-27(24,25)5)11-12-22-16-23(28)17-26(29)20(22)4/h11-12,18-19,23-26,28-29H,4,6-10,13-17H2,1-3,5H3/b21-11+,22-12+/t19-,23-,24-,25+,26+,27-/m1/s1. The first-order chi connectivity index (χ1) is 13.7. The lowest BCUT2D eigenvalue weighted by atomic mass is 9.60. The van der Waals surface area contributed by atoms with Gasteiger partial charge in [0.2, 0.25) is 0 Å². The van der Waals surface area contributed by atoms with E-state index in [0.29, 0.717) is 24.2 Å². The van der Waals surface area contributed by atoms with Gasteiger partial charge in [-0.05, 0) is 78.8 Å². The number of fused-ring (bicyclic) bond motifs is 1. The van der Waals surface area contributed by atoms with Gasteiger partial charge < -0.3 is 10.2 Å². The fourth-order valence-electron chi connectivity index (χ4n) is 6.73. The van der Waals surface area contributed by atoms with Crippen molar-refractivity contribution >= 4 is 0 Å². The van der Waals surface area contributed by atoms with E-state index in [9.17, 15) is 10.2 Å². The zero-order valence-electron chi connectivity index (χ0n) is 19.3. The maximum atomic E-state index is 10.1. The molecule has 164 valence electrons. The van der Waals surface area contributed by atoms with Crippen molar-refractivity contribution < 1.29 is 10.2 Å². The van der Waals surface area contributed by atoms with Crippen LogP contribution in [0.5, 0.6) is 0 Å². The molecule has 2 nitrogen and oxygen atoms in total. The Morgan fingerprint density at radius 3 is 2.62 bits per heavy atom. The van der Waals surface area contributed by atoms with E-state index in [1.807, 2.05) is 0 Å². The summed E-state index contributed by atoms with van der Waals surface area (Å²) < 4.78 is 0. The van der Waals surface area contributed by atoms with Gasteiger partial charge >= 0.3 is 0 Å². The van der Waals surface area contributed by atoms with Crippen molar-refractivity contribution in [2.24, 2.45) is 29.1 Å². The van der Waals surface area contributed by atoms with Gasteiger partial charge in [-0.2, -0.15) is 0 Å². The lowest BCUT2D eigenvalue weighted by Gasteiger charge is -2.44. The highest BCUT2D eigenvalue weighted by Gasteiger charge is 2.50. The summed E-state index contributed by atoms with van der Waals surface area (Å²) >= 11 is 0. The fraction of sp³-hybridized carbons (Fsp3) is 0.778. The molecule has 2 N–H and O–H groups in total. The minimum atomic E-state index is -0.595. The Morgan fingerprint density at radius 2 is 1.90 bits per heavy atom. The van der Waals surface area contributed by atoms with E-state index in [1.165, 1.54) is 51.4 Å². The number of allylic oxidation sites excluding steroid dienone is 3. The molecule has 0 bridgehead atoms. The van der Waals surface area contributed by atoms with Gasteiger partial charge in [-0.3, -0.25) is 0 Å². The normalized spacial score (nSPS) is 39.3. The summed E-state index contributed by atoms with van der Waals surface area (Å²) in [5.74, 6) is 3.20. The fourth-order valence-corrected chi connectivity index (χ4v) is 6.73. The van der Waals surface area contributed by atoms with E-state index in [0.717, 1.165) is 28.9 Å². The van der Waals surface area contributed by atoms with Crippen LogP contribution >= 0.6 is 0 Å². The minimum Gasteiger partial charge on any atom is -0.393 e. The first-order valence-corrected chi connectivity index (χ1v) is 12.2. The average molecular weight is 401 g/mol. The highest BCUT2D eigenvalue weighted by molar-refractivity contribution is 5.38. The molecular weight excluding hydrogens is 356 g/mol. The molecule has 0 unspecified atom stereocenters. The molecule has 29 heavy (non-hydrogen) atoms. The molecule has 3 fully saturated rings. The van der Waals surface area contributed by atoms with Crippen molar-refractivity contribution in [2.45, 2.75) is 104 Å². The highest BCUT2D eigenvalue weighted by Crippen LogP contribution is 2.59. The predicted molar refractivity (Wildman–Crippen MR) is 123 cm³/mol. The van der Waals surface area contributed by atoms with Crippen molar-refractivity contribution in [1.29, 1.82) is 0 Å². The molecule has 0 aliphatic heterocycles. The van der Waals surface area contributed by atoms with E-state index < -0.39 is 12.2 Å². The van der Waals surface area contributed by atoms with Crippen molar-refractivity contribution in [3.8, 4) is 0 Å². The lowest BCUT2D eigenvalue weighted by molar-refractivity contribution is 0.0861. The van der Waals surface area contributed by atoms with Crippen LogP contribution in [-0.4, -0.2) is 22.4 Å². The Bertz CT molecular complexity index is 643. The van der Waals surface area contributed by atoms with Crippen LogP contribution < -0.4 is 0 Å². The van der Waals surface area contributed by atoms with Crippen molar-refractivity contribution in [2.75, 3.05) is 0 Å². The predicted octanol–water partition coefficient (Wildman–Crippen LogP) is 6.59. The van der Waals surface area contributed by atoms with Crippen LogP contribution in [0.2, 0.25) is 0 Å². The second kappa shape index (κ2) is 9.52. The van der Waals surface area contributed by atoms with Crippen LogP contribution in [0.4, 0.5) is 0 Å². The number of aliphatic hydroxyl groups excluding tert-OH is 2. The lowest BCUT2D eigenvalue weighted by Crippen LogP contribution is -2.36. The Morgan fingerprint density at radius 1 is 1.14 bits per heavy atom. The monoisotopic (exact) mass is 400 g/mol. The van der Waals surface area contributed by atoms with E-state index in [1.54, 1.807) is 5.57 Å². The minimum absolute atomic E-state index is 0.420. The molecule has 0 saturated heterocycles. The SMILES string of the molecule is C=C1/C(=C/C=C2\CCC[C@]3(C)[C@@H]([C@H](C)CCCC(C)C)CC[C@@H]23)C[C@@H](O)C[C@@H]1O. The van der Waals surface area contributed by atoms with Gasteiger partial charge in [0.1, 0.15) is 0 Å². The Kier molecular flexibility index (Phi) is 7.49. The van der Waals surface area contributed by atoms with Gasteiger partial charge in [0.15, 0.2) is 0 Å². The summed E-state index contributed by atoms with van der Waals surface area (Å²) in [6.07, 6.45) is 15.2. The largest absolute Gasteiger partial charge is 0.393 e. The molecule has 6 atom stereocenters. The maximum Gasteiger partial charge on any atom is 0.0811 e. The van der Waals surface area contributed by atoms with Gasteiger partial charge in [0.25, 0.3) is 0 Å². The van der Waals surface area contributed by atoms with Crippen LogP contribution in [0.15, 0.2) is 35.5 Å². The van der Waals surface area contributed by atoms with Gasteiger partial charge in [0.05, 0.1) is 12.2 Å². The quantitative estimate of drug-likeness (QED) is 0.528. The number of hydrogen-bond acceptors (Lipinski definition) is 2. The second-order valence-electron chi connectivity index (χ2n) is 11.0. The summed E-state index contributed by atoms with van der Waals surface area (Å²) in [6, 6.07) is 0. The number of rotatable bonds is 6. The van der Waals surface area contributed by atoms with Crippen molar-refractivity contribution in [3.63, 3.8) is 0 Å². The molecule has 2 heteroatoms. The smallest absolute Gasteiger partial charge is 0.0811 e. The molecular formula is C27H44O2. The van der Waals surface area contributed by atoms with Crippen LogP contribution in [-0.2, 0) is 0 Å². The van der Waals surface area contributed by atoms with Gasteiger partial charge in [-0.15, -0.1) is 0 Å². The molecule has 3 rings (SSSR count). The van der Waals surface area contributed by atoms with E-state index in [-0.39, 0.29) is 0 Å². The van der Waals surface area contributed by atoms with E-state index in [2.05, 4.69) is 46.4 Å². The van der Waals surface area contributed by atoms with Crippen LogP contribution in [0.25, 0.3) is 0 Å². The van der Waals surface area contributed by atoms with Crippen molar-refractivity contribution in [3.05, 3.63) is 35.5 Å². The molecule has 3 saturated carbocycles. The second-order valence-corrected chi connectivity index (χ2v) is 11.0.